The van der Waals surface area contributed by atoms with Crippen LogP contribution in [0.1, 0.15) is 45.6 Å². The van der Waals surface area contributed by atoms with Crippen molar-refractivity contribution in [2.45, 2.75) is 52.2 Å². The molecular weight excluding hydrogens is 420 g/mol. The van der Waals surface area contributed by atoms with E-state index in [4.69, 9.17) is 0 Å². The Morgan fingerprint density at radius 1 is 1.09 bits per heavy atom. The molecule has 2 aromatic carbocycles. The van der Waals surface area contributed by atoms with Gasteiger partial charge in [-0.15, -0.1) is 11.3 Å². The summed E-state index contributed by atoms with van der Waals surface area (Å²) in [5, 5.41) is 10.2. The van der Waals surface area contributed by atoms with Gasteiger partial charge in [-0.1, -0.05) is 42.5 Å². The van der Waals surface area contributed by atoms with Gasteiger partial charge < -0.3 is 10.0 Å². The number of carbonyl (C=O) groups excluding carboxylic acids is 2. The van der Waals surface area contributed by atoms with Crippen molar-refractivity contribution in [3.05, 3.63) is 75.9 Å². The minimum absolute atomic E-state index is 0.00325. The highest BCUT2D eigenvalue weighted by Gasteiger charge is 2.39. The van der Waals surface area contributed by atoms with Crippen molar-refractivity contribution in [2.24, 2.45) is 0 Å². The molecule has 0 spiro atoms. The maximum atomic E-state index is 13.3. The second-order valence-corrected chi connectivity index (χ2v) is 9.41. The van der Waals surface area contributed by atoms with Gasteiger partial charge in [-0.25, -0.2) is 4.98 Å². The molecule has 0 bridgehead atoms. The van der Waals surface area contributed by atoms with Gasteiger partial charge in [0.1, 0.15) is 0 Å². The summed E-state index contributed by atoms with van der Waals surface area (Å²) in [6.45, 7) is 6.01. The number of aliphatic hydroxyl groups is 1. The average molecular weight is 449 g/mol. The van der Waals surface area contributed by atoms with Crippen molar-refractivity contribution in [3.63, 3.8) is 0 Å². The van der Waals surface area contributed by atoms with Gasteiger partial charge in [0, 0.05) is 24.9 Å². The molecule has 1 fully saturated rings. The van der Waals surface area contributed by atoms with Crippen LogP contribution in [0.5, 0.6) is 0 Å². The van der Waals surface area contributed by atoms with E-state index in [1.165, 1.54) is 0 Å². The summed E-state index contributed by atoms with van der Waals surface area (Å²) in [4.78, 5) is 33.4. The molecule has 1 N–H and O–H groups in total. The number of hydrogen-bond acceptors (Lipinski definition) is 5. The molecule has 1 aliphatic rings. The Labute approximate surface area is 192 Å². The fraction of sp³-hybridized carbons (Fsp3) is 0.346. The highest BCUT2D eigenvalue weighted by Crippen LogP contribution is 2.28. The van der Waals surface area contributed by atoms with Crippen LogP contribution in [0, 0.1) is 20.8 Å². The maximum Gasteiger partial charge on any atom is 0.255 e. The van der Waals surface area contributed by atoms with Crippen LogP contribution in [0.15, 0.2) is 48.0 Å². The quantitative estimate of drug-likeness (QED) is 0.602. The van der Waals surface area contributed by atoms with E-state index in [1.807, 2.05) is 56.6 Å². The van der Waals surface area contributed by atoms with Crippen molar-refractivity contribution in [3.8, 4) is 10.4 Å². The number of benzene rings is 2. The zero-order chi connectivity index (χ0) is 22.8. The topological polar surface area (TPSA) is 70.5 Å². The monoisotopic (exact) mass is 448 g/mol. The Hall–Kier alpha value is -2.83. The van der Waals surface area contributed by atoms with Gasteiger partial charge in [0.15, 0.2) is 5.78 Å². The van der Waals surface area contributed by atoms with Crippen LogP contribution in [0.2, 0.25) is 0 Å². The van der Waals surface area contributed by atoms with E-state index in [2.05, 4.69) is 17.1 Å². The van der Waals surface area contributed by atoms with Crippen molar-refractivity contribution in [1.82, 2.24) is 9.88 Å². The molecule has 32 heavy (non-hydrogen) atoms. The third kappa shape index (κ3) is 4.52. The zero-order valence-corrected chi connectivity index (χ0v) is 19.5. The number of aliphatic hydroxyl groups excluding tert-OH is 1. The number of aromatic nitrogens is 1. The average Bonchev–Trinajstić information content (AvgIpc) is 3.37. The molecule has 1 aromatic heterocycles. The first kappa shape index (κ1) is 22.4. The number of Topliss-reactive ketones (excluding diaryl/α,β-unsaturated/α-hetero) is 1. The van der Waals surface area contributed by atoms with Gasteiger partial charge in [-0.3, -0.25) is 9.59 Å². The number of ketones is 1. The van der Waals surface area contributed by atoms with Crippen LogP contribution >= 0.6 is 11.3 Å². The summed E-state index contributed by atoms with van der Waals surface area (Å²) in [6.07, 6.45) is 0.587. The maximum absolute atomic E-state index is 13.3. The van der Waals surface area contributed by atoms with Gasteiger partial charge in [-0.05, 0) is 49.4 Å². The van der Waals surface area contributed by atoms with Crippen LogP contribution in [-0.4, -0.2) is 45.4 Å². The van der Waals surface area contributed by atoms with Crippen molar-refractivity contribution >= 4 is 23.0 Å². The molecule has 2 atom stereocenters. The molecule has 166 valence electrons. The van der Waals surface area contributed by atoms with E-state index >= 15 is 0 Å². The molecule has 4 rings (SSSR count). The summed E-state index contributed by atoms with van der Waals surface area (Å²) in [6, 6.07) is 13.4. The Morgan fingerprint density at radius 2 is 1.78 bits per heavy atom. The number of rotatable bonds is 6. The summed E-state index contributed by atoms with van der Waals surface area (Å²) in [5.74, 6) is -0.164. The SMILES string of the molecule is Cc1cccc(C)c1C(=O)N1C[C@H](O)C[C@H]1C(=O)CCc1ccc(-c2scnc2C)cc1. The van der Waals surface area contributed by atoms with E-state index in [-0.39, 0.29) is 18.2 Å². The normalized spacial score (nSPS) is 18.2. The lowest BCUT2D eigenvalue weighted by Crippen LogP contribution is -2.41. The molecule has 3 aromatic rings. The predicted molar refractivity (Wildman–Crippen MR) is 127 cm³/mol. The summed E-state index contributed by atoms with van der Waals surface area (Å²) < 4.78 is 0. The lowest BCUT2D eigenvalue weighted by atomic mass is 9.98. The molecule has 0 radical (unpaired) electrons. The van der Waals surface area contributed by atoms with Gasteiger partial charge in [0.2, 0.25) is 0 Å². The second kappa shape index (κ2) is 9.35. The van der Waals surface area contributed by atoms with Crippen molar-refractivity contribution in [2.75, 3.05) is 6.54 Å². The van der Waals surface area contributed by atoms with E-state index in [1.54, 1.807) is 16.2 Å². The molecule has 6 heteroatoms. The minimum Gasteiger partial charge on any atom is -0.391 e. The lowest BCUT2D eigenvalue weighted by molar-refractivity contribution is -0.122. The van der Waals surface area contributed by atoms with E-state index in [0.29, 0.717) is 24.8 Å². The molecule has 0 unspecified atom stereocenters. The molecular formula is C26H28N2O3S. The third-order valence-electron chi connectivity index (χ3n) is 6.23. The molecule has 1 amide bonds. The second-order valence-electron chi connectivity index (χ2n) is 8.56. The first-order valence-corrected chi connectivity index (χ1v) is 11.8. The number of thiazole rings is 1. The van der Waals surface area contributed by atoms with Crippen LogP contribution in [0.25, 0.3) is 10.4 Å². The van der Waals surface area contributed by atoms with E-state index < -0.39 is 12.1 Å². The zero-order valence-electron chi connectivity index (χ0n) is 18.7. The number of amides is 1. The fourth-order valence-corrected chi connectivity index (χ4v) is 5.29. The third-order valence-corrected chi connectivity index (χ3v) is 7.21. The van der Waals surface area contributed by atoms with Crippen molar-refractivity contribution < 1.29 is 14.7 Å². The molecule has 0 saturated carbocycles. The lowest BCUT2D eigenvalue weighted by Gasteiger charge is -2.25. The molecule has 1 saturated heterocycles. The Kier molecular flexibility index (Phi) is 6.53. The molecule has 2 heterocycles. The highest BCUT2D eigenvalue weighted by atomic mass is 32.1. The molecule has 5 nitrogen and oxygen atoms in total. The number of hydrogen-bond donors (Lipinski definition) is 1. The van der Waals surface area contributed by atoms with Crippen molar-refractivity contribution in [1.29, 1.82) is 0 Å². The van der Waals surface area contributed by atoms with Crippen LogP contribution in [-0.2, 0) is 11.2 Å². The Bertz CT molecular complexity index is 1120. The van der Waals surface area contributed by atoms with Crippen LogP contribution < -0.4 is 0 Å². The Balaban J connectivity index is 1.44. The van der Waals surface area contributed by atoms with Gasteiger partial charge >= 0.3 is 0 Å². The van der Waals surface area contributed by atoms with Gasteiger partial charge in [-0.2, -0.15) is 0 Å². The largest absolute Gasteiger partial charge is 0.391 e. The van der Waals surface area contributed by atoms with Crippen LogP contribution in [0.3, 0.4) is 0 Å². The van der Waals surface area contributed by atoms with Gasteiger partial charge in [0.05, 0.1) is 28.2 Å². The van der Waals surface area contributed by atoms with Crippen LogP contribution in [0.4, 0.5) is 0 Å². The number of β-amino-alcohol motifs (C(OH)–C–C–N with tert-alkyl or cyclic N) is 1. The smallest absolute Gasteiger partial charge is 0.255 e. The standard InChI is InChI=1S/C26H28N2O3S/c1-16-5-4-6-17(2)24(16)26(31)28-14-21(29)13-22(28)23(30)12-9-19-7-10-20(11-8-19)25-18(3)27-15-32-25/h4-8,10-11,15,21-22,29H,9,12-14H2,1-3H3/t21-,22+/m1/s1. The number of aryl methyl sites for hydroxylation is 4. The first-order valence-electron chi connectivity index (χ1n) is 10.9. The Morgan fingerprint density at radius 3 is 2.41 bits per heavy atom. The fourth-order valence-electron chi connectivity index (χ4n) is 4.47. The number of carbonyl (C=O) groups is 2. The van der Waals surface area contributed by atoms with E-state index in [0.717, 1.165) is 32.8 Å². The number of likely N-dealkylation sites (tertiary alicyclic amines) is 1. The molecule has 1 aliphatic heterocycles. The summed E-state index contributed by atoms with van der Waals surface area (Å²) in [7, 11) is 0. The van der Waals surface area contributed by atoms with E-state index in [9.17, 15) is 14.7 Å². The minimum atomic E-state index is -0.667. The number of nitrogens with zero attached hydrogens (tertiary/aromatic N) is 2. The summed E-state index contributed by atoms with van der Waals surface area (Å²) in [5.41, 5.74) is 7.48. The first-order chi connectivity index (χ1) is 15.3. The molecule has 0 aliphatic carbocycles. The predicted octanol–water partition coefficient (Wildman–Crippen LogP) is 4.51. The van der Waals surface area contributed by atoms with Gasteiger partial charge in [0.25, 0.3) is 5.91 Å². The highest BCUT2D eigenvalue weighted by molar-refractivity contribution is 7.13. The summed E-state index contributed by atoms with van der Waals surface area (Å²) >= 11 is 1.62.